The number of aliphatic hydroxyl groups is 1. The van der Waals surface area contributed by atoms with Crippen LogP contribution in [0.4, 0.5) is 0 Å². The van der Waals surface area contributed by atoms with E-state index in [1.165, 1.54) is 4.90 Å². The monoisotopic (exact) mass is 509 g/mol. The molecule has 1 saturated heterocycles. The zero-order valence-corrected chi connectivity index (χ0v) is 22.5. The van der Waals surface area contributed by atoms with Crippen LogP contribution in [0.3, 0.4) is 0 Å². The van der Waals surface area contributed by atoms with Crippen molar-refractivity contribution in [1.29, 1.82) is 0 Å². The number of thiazole rings is 1. The van der Waals surface area contributed by atoms with E-state index in [0.717, 1.165) is 27.4 Å². The van der Waals surface area contributed by atoms with Gasteiger partial charge in [0.15, 0.2) is 0 Å². The topological polar surface area (TPSA) is 100 Å². The lowest BCUT2D eigenvalue weighted by atomic mass is 9.90. The predicted octanol–water partition coefficient (Wildman–Crippen LogP) is 3.74. The Morgan fingerprint density at radius 1 is 1.17 bits per heavy atom. The quantitative estimate of drug-likeness (QED) is 0.505. The van der Waals surface area contributed by atoms with Crippen LogP contribution in [-0.2, 0) is 16.6 Å². The summed E-state index contributed by atoms with van der Waals surface area (Å²) in [6, 6.07) is 9.03. The lowest BCUT2D eigenvalue weighted by Gasteiger charge is -2.30. The fraction of sp³-hybridized carbons (Fsp3) is 0.481. The summed E-state index contributed by atoms with van der Waals surface area (Å²) >= 11 is 1.60. The molecule has 1 aromatic carbocycles. The molecular formula is C27H35N5O3S. The van der Waals surface area contributed by atoms with Gasteiger partial charge in [-0.3, -0.25) is 14.3 Å². The second-order valence-corrected chi connectivity index (χ2v) is 10.9. The second-order valence-electron chi connectivity index (χ2n) is 10.1. The first kappa shape index (κ1) is 26.0. The van der Waals surface area contributed by atoms with Gasteiger partial charge in [-0.2, -0.15) is 5.10 Å². The molecule has 0 saturated carbocycles. The van der Waals surface area contributed by atoms with Crippen molar-refractivity contribution in [2.45, 2.75) is 65.1 Å². The maximum absolute atomic E-state index is 13.7. The summed E-state index contributed by atoms with van der Waals surface area (Å²) in [5.74, 6) is -0.912. The number of nitrogens with zero attached hydrogens (tertiary/aromatic N) is 4. The van der Waals surface area contributed by atoms with Crippen LogP contribution in [0.1, 0.15) is 61.8 Å². The summed E-state index contributed by atoms with van der Waals surface area (Å²) in [5, 5.41) is 18.0. The van der Waals surface area contributed by atoms with Crippen molar-refractivity contribution in [3.8, 4) is 10.4 Å². The molecule has 1 aliphatic rings. The van der Waals surface area contributed by atoms with Crippen molar-refractivity contribution in [3.63, 3.8) is 0 Å². The maximum Gasteiger partial charge on any atom is 0.243 e. The van der Waals surface area contributed by atoms with Gasteiger partial charge in [-0.15, -0.1) is 11.3 Å². The summed E-state index contributed by atoms with van der Waals surface area (Å²) in [4.78, 5) is 34.0. The highest BCUT2D eigenvalue weighted by Gasteiger charge is 2.43. The summed E-state index contributed by atoms with van der Waals surface area (Å²) < 4.78 is 1.75. The fourth-order valence-corrected chi connectivity index (χ4v) is 5.68. The largest absolute Gasteiger partial charge is 0.391 e. The van der Waals surface area contributed by atoms with Crippen LogP contribution in [0.15, 0.2) is 35.8 Å². The van der Waals surface area contributed by atoms with E-state index in [4.69, 9.17) is 0 Å². The number of hydrogen-bond acceptors (Lipinski definition) is 6. The minimum Gasteiger partial charge on any atom is -0.391 e. The van der Waals surface area contributed by atoms with Crippen molar-refractivity contribution in [2.75, 3.05) is 6.54 Å². The molecule has 0 bridgehead atoms. The molecular weight excluding hydrogens is 474 g/mol. The molecule has 0 aliphatic carbocycles. The van der Waals surface area contributed by atoms with Gasteiger partial charge >= 0.3 is 0 Å². The van der Waals surface area contributed by atoms with Crippen LogP contribution in [0.5, 0.6) is 0 Å². The Morgan fingerprint density at radius 3 is 2.42 bits per heavy atom. The Kier molecular flexibility index (Phi) is 7.61. The average molecular weight is 510 g/mol. The van der Waals surface area contributed by atoms with Crippen LogP contribution in [0, 0.1) is 19.8 Å². The van der Waals surface area contributed by atoms with Crippen molar-refractivity contribution >= 4 is 23.2 Å². The molecule has 0 spiro atoms. The predicted molar refractivity (Wildman–Crippen MR) is 140 cm³/mol. The van der Waals surface area contributed by atoms with Crippen molar-refractivity contribution in [3.05, 3.63) is 58.5 Å². The fourth-order valence-electron chi connectivity index (χ4n) is 4.87. The van der Waals surface area contributed by atoms with Gasteiger partial charge in [0.25, 0.3) is 0 Å². The molecule has 8 nitrogen and oxygen atoms in total. The maximum atomic E-state index is 13.7. The number of carbonyl (C=O) groups excluding carboxylic acids is 2. The number of aliphatic hydroxyl groups excluding tert-OH is 1. The number of aromatic nitrogens is 3. The number of β-amino-alcohol motifs (C(OH)–C–C–N with tert-alkyl or cyclic N) is 1. The number of nitrogens with one attached hydrogen (secondary N) is 1. The molecule has 3 heterocycles. The second kappa shape index (κ2) is 10.5. The lowest BCUT2D eigenvalue weighted by Crippen LogP contribution is -2.48. The minimum atomic E-state index is -0.736. The van der Waals surface area contributed by atoms with E-state index in [-0.39, 0.29) is 36.7 Å². The standard InChI is InChI=1S/C27H35N5O3S/c1-15(2)24(22-11-16(3)31(6)30-22)27(35)32-13-21(33)12-23(32)26(34)29-17(4)19-7-9-20(10-8-19)25-18(5)28-14-36-25/h7-11,14-15,17,21,23-24,33H,12-13H2,1-6H3,(H,29,34)/t17-,21+,23-,24-/m0/s1. The third-order valence-electron chi connectivity index (χ3n) is 7.03. The molecule has 1 aliphatic heterocycles. The average Bonchev–Trinajstić information content (AvgIpc) is 3.52. The van der Waals surface area contributed by atoms with Gasteiger partial charge in [0, 0.05) is 25.7 Å². The normalized spacial score (nSPS) is 19.5. The van der Waals surface area contributed by atoms with E-state index in [0.29, 0.717) is 5.69 Å². The van der Waals surface area contributed by atoms with Crippen LogP contribution >= 0.6 is 11.3 Å². The van der Waals surface area contributed by atoms with E-state index < -0.39 is 18.1 Å². The number of amides is 2. The molecule has 192 valence electrons. The van der Waals surface area contributed by atoms with Gasteiger partial charge in [-0.25, -0.2) is 4.98 Å². The molecule has 2 amide bonds. The number of benzene rings is 1. The summed E-state index contributed by atoms with van der Waals surface area (Å²) in [6.45, 7) is 9.96. The highest BCUT2D eigenvalue weighted by molar-refractivity contribution is 7.13. The number of aryl methyl sites for hydroxylation is 3. The molecule has 1 fully saturated rings. The van der Waals surface area contributed by atoms with E-state index in [1.807, 2.05) is 77.5 Å². The molecule has 2 N–H and O–H groups in total. The van der Waals surface area contributed by atoms with E-state index in [9.17, 15) is 14.7 Å². The third-order valence-corrected chi connectivity index (χ3v) is 8.00. The highest BCUT2D eigenvalue weighted by Crippen LogP contribution is 2.31. The first-order chi connectivity index (χ1) is 17.1. The summed E-state index contributed by atoms with van der Waals surface area (Å²) in [5.41, 5.74) is 6.56. The Hall–Kier alpha value is -3.04. The number of rotatable bonds is 7. The Balaban J connectivity index is 1.48. The van der Waals surface area contributed by atoms with Gasteiger partial charge in [-0.1, -0.05) is 38.1 Å². The zero-order chi connectivity index (χ0) is 26.1. The molecule has 2 aromatic heterocycles. The van der Waals surface area contributed by atoms with Crippen molar-refractivity contribution < 1.29 is 14.7 Å². The van der Waals surface area contributed by atoms with Crippen LogP contribution in [0.25, 0.3) is 10.4 Å². The molecule has 36 heavy (non-hydrogen) atoms. The summed E-state index contributed by atoms with van der Waals surface area (Å²) in [6.07, 6.45) is -0.514. The van der Waals surface area contributed by atoms with Crippen LogP contribution < -0.4 is 5.32 Å². The van der Waals surface area contributed by atoms with Gasteiger partial charge in [0.1, 0.15) is 6.04 Å². The number of hydrogen-bond donors (Lipinski definition) is 2. The first-order valence-corrected chi connectivity index (χ1v) is 13.2. The third kappa shape index (κ3) is 5.22. The number of carbonyl (C=O) groups is 2. The van der Waals surface area contributed by atoms with Gasteiger partial charge in [0.05, 0.1) is 39.8 Å². The van der Waals surface area contributed by atoms with Gasteiger partial charge in [-0.05, 0) is 43.9 Å². The Labute approximate surface area is 216 Å². The SMILES string of the molecule is Cc1ncsc1-c1ccc([C@H](C)NC(=O)[C@@H]2C[C@@H](O)CN2C(=O)[C@H](c2cc(C)n(C)n2)C(C)C)cc1. The van der Waals surface area contributed by atoms with Gasteiger partial charge in [0.2, 0.25) is 11.8 Å². The van der Waals surface area contributed by atoms with Crippen molar-refractivity contribution in [2.24, 2.45) is 13.0 Å². The minimum absolute atomic E-state index is 0.00660. The van der Waals surface area contributed by atoms with E-state index in [1.54, 1.807) is 16.0 Å². The Morgan fingerprint density at radius 2 is 1.86 bits per heavy atom. The molecule has 4 rings (SSSR count). The molecule has 4 atom stereocenters. The zero-order valence-electron chi connectivity index (χ0n) is 21.7. The number of likely N-dealkylation sites (tertiary alicyclic amines) is 1. The van der Waals surface area contributed by atoms with E-state index in [2.05, 4.69) is 15.4 Å². The van der Waals surface area contributed by atoms with E-state index >= 15 is 0 Å². The molecule has 9 heteroatoms. The lowest BCUT2D eigenvalue weighted by molar-refractivity contribution is -0.140. The van der Waals surface area contributed by atoms with Crippen LogP contribution in [0.2, 0.25) is 0 Å². The first-order valence-electron chi connectivity index (χ1n) is 12.4. The molecule has 3 aromatic rings. The summed E-state index contributed by atoms with van der Waals surface area (Å²) in [7, 11) is 1.85. The molecule has 0 radical (unpaired) electrons. The van der Waals surface area contributed by atoms with Crippen molar-refractivity contribution in [1.82, 2.24) is 25.0 Å². The Bertz CT molecular complexity index is 1210. The molecule has 0 unspecified atom stereocenters. The van der Waals surface area contributed by atoms with Crippen LogP contribution in [-0.4, -0.2) is 55.3 Å². The smallest absolute Gasteiger partial charge is 0.243 e. The highest BCUT2D eigenvalue weighted by atomic mass is 32.1. The van der Waals surface area contributed by atoms with Gasteiger partial charge < -0.3 is 15.3 Å².